The van der Waals surface area contributed by atoms with E-state index in [0.717, 1.165) is 49.1 Å². The molecule has 2 heterocycles. The lowest BCUT2D eigenvalue weighted by Crippen LogP contribution is -2.51. The van der Waals surface area contributed by atoms with E-state index in [1.54, 1.807) is 16.8 Å². The molecule has 2 aromatic rings. The zero-order valence-corrected chi connectivity index (χ0v) is 19.1. The SMILES string of the molecule is CN=C(NCCc1ccn(-c2ccc(F)cc2)n1)N1CCSC(C)(C)C1.I. The number of nitrogens with zero attached hydrogens (tertiary/aromatic N) is 4. The molecule has 3 rings (SSSR count). The van der Waals surface area contributed by atoms with Crippen LogP contribution in [-0.2, 0) is 6.42 Å². The fraction of sp³-hybridized carbons (Fsp3) is 0.474. The van der Waals surface area contributed by atoms with Gasteiger partial charge in [0, 0.05) is 49.8 Å². The van der Waals surface area contributed by atoms with Crippen molar-refractivity contribution < 1.29 is 4.39 Å². The van der Waals surface area contributed by atoms with Gasteiger partial charge in [-0.15, -0.1) is 24.0 Å². The van der Waals surface area contributed by atoms with Crippen LogP contribution in [-0.4, -0.2) is 57.8 Å². The summed E-state index contributed by atoms with van der Waals surface area (Å²) in [7, 11) is 1.83. The summed E-state index contributed by atoms with van der Waals surface area (Å²) in [6, 6.07) is 8.33. The van der Waals surface area contributed by atoms with Crippen molar-refractivity contribution in [2.24, 2.45) is 4.99 Å². The van der Waals surface area contributed by atoms with Gasteiger partial charge in [0.2, 0.25) is 0 Å². The van der Waals surface area contributed by atoms with Crippen molar-refractivity contribution in [3.63, 3.8) is 0 Å². The van der Waals surface area contributed by atoms with Crippen LogP contribution in [0.3, 0.4) is 0 Å². The van der Waals surface area contributed by atoms with E-state index in [1.807, 2.05) is 31.1 Å². The Kier molecular flexibility index (Phi) is 7.96. The Morgan fingerprint density at radius 3 is 2.70 bits per heavy atom. The van der Waals surface area contributed by atoms with Crippen LogP contribution in [0.4, 0.5) is 4.39 Å². The predicted molar refractivity (Wildman–Crippen MR) is 122 cm³/mol. The van der Waals surface area contributed by atoms with Gasteiger partial charge in [-0.1, -0.05) is 0 Å². The summed E-state index contributed by atoms with van der Waals surface area (Å²) < 4.78 is 15.1. The van der Waals surface area contributed by atoms with Gasteiger partial charge in [-0.05, 0) is 44.2 Å². The fourth-order valence-electron chi connectivity index (χ4n) is 3.06. The lowest BCUT2D eigenvalue weighted by atomic mass is 10.2. The van der Waals surface area contributed by atoms with Gasteiger partial charge in [0.15, 0.2) is 5.96 Å². The van der Waals surface area contributed by atoms with Crippen molar-refractivity contribution in [1.82, 2.24) is 20.0 Å². The average Bonchev–Trinajstić information content (AvgIpc) is 3.07. The number of guanidine groups is 1. The predicted octanol–water partition coefficient (Wildman–Crippen LogP) is 3.57. The summed E-state index contributed by atoms with van der Waals surface area (Å²) >= 11 is 2.01. The number of halogens is 2. The Morgan fingerprint density at radius 2 is 2.04 bits per heavy atom. The van der Waals surface area contributed by atoms with Crippen LogP contribution in [0, 0.1) is 5.82 Å². The largest absolute Gasteiger partial charge is 0.356 e. The number of hydrogen-bond acceptors (Lipinski definition) is 3. The second kappa shape index (κ2) is 9.77. The Balaban J connectivity index is 0.00000261. The first kappa shape index (κ1) is 22.0. The highest BCUT2D eigenvalue weighted by atomic mass is 127. The molecule has 1 aromatic carbocycles. The highest BCUT2D eigenvalue weighted by Gasteiger charge is 2.28. The zero-order valence-electron chi connectivity index (χ0n) is 16.0. The summed E-state index contributed by atoms with van der Waals surface area (Å²) in [5, 5.41) is 8.02. The van der Waals surface area contributed by atoms with Crippen molar-refractivity contribution >= 4 is 41.7 Å². The number of rotatable bonds is 4. The highest BCUT2D eigenvalue weighted by molar-refractivity contribution is 14.0. The third kappa shape index (κ3) is 6.10. The minimum Gasteiger partial charge on any atom is -0.356 e. The number of thioether (sulfide) groups is 1. The molecule has 1 saturated heterocycles. The molecule has 0 radical (unpaired) electrons. The summed E-state index contributed by atoms with van der Waals surface area (Å²) in [5.41, 5.74) is 1.85. The topological polar surface area (TPSA) is 45.5 Å². The van der Waals surface area contributed by atoms with Crippen LogP contribution in [0.15, 0.2) is 41.5 Å². The molecule has 1 aliphatic rings. The Labute approximate surface area is 181 Å². The third-order valence-corrected chi connectivity index (χ3v) is 5.63. The standard InChI is InChI=1S/C19H26FN5S.HI/c1-19(2)14-24(12-13-26-19)18(21-3)22-10-8-16-9-11-25(23-16)17-6-4-15(20)5-7-17;/h4-7,9,11H,8,10,12-14H2,1-3H3,(H,21,22);1H. The van der Waals surface area contributed by atoms with Gasteiger partial charge in [0.25, 0.3) is 0 Å². The number of hydrogen-bond donors (Lipinski definition) is 1. The van der Waals surface area contributed by atoms with E-state index in [9.17, 15) is 4.39 Å². The summed E-state index contributed by atoms with van der Waals surface area (Å²) in [5.74, 6) is 1.84. The van der Waals surface area contributed by atoms with Crippen molar-refractivity contribution in [3.8, 4) is 5.69 Å². The summed E-state index contributed by atoms with van der Waals surface area (Å²) in [4.78, 5) is 6.76. The molecule has 0 aliphatic carbocycles. The van der Waals surface area contributed by atoms with Gasteiger partial charge in [0.05, 0.1) is 11.4 Å². The molecule has 148 valence electrons. The van der Waals surface area contributed by atoms with Gasteiger partial charge in [-0.25, -0.2) is 9.07 Å². The van der Waals surface area contributed by atoms with Gasteiger partial charge in [-0.2, -0.15) is 16.9 Å². The minimum absolute atomic E-state index is 0. The molecule has 1 N–H and O–H groups in total. The highest BCUT2D eigenvalue weighted by Crippen LogP contribution is 2.29. The molecule has 0 unspecified atom stereocenters. The molecule has 27 heavy (non-hydrogen) atoms. The molecule has 1 fully saturated rings. The second-order valence-electron chi connectivity index (χ2n) is 6.98. The second-order valence-corrected chi connectivity index (χ2v) is 8.78. The van der Waals surface area contributed by atoms with Gasteiger partial charge < -0.3 is 10.2 Å². The molecule has 0 amide bonds. The number of aromatic nitrogens is 2. The summed E-state index contributed by atoms with van der Waals surface area (Å²) in [6.45, 7) is 7.35. The molecule has 1 aliphatic heterocycles. The Hall–Kier alpha value is -1.29. The van der Waals surface area contributed by atoms with E-state index in [2.05, 4.69) is 34.2 Å². The molecule has 0 saturated carbocycles. The zero-order chi connectivity index (χ0) is 18.6. The number of benzene rings is 1. The molecule has 0 atom stereocenters. The van der Waals surface area contributed by atoms with Gasteiger partial charge in [-0.3, -0.25) is 4.99 Å². The van der Waals surface area contributed by atoms with Crippen molar-refractivity contribution in [3.05, 3.63) is 48.0 Å². The first-order chi connectivity index (χ1) is 12.5. The molecule has 0 bridgehead atoms. The van der Waals surface area contributed by atoms with Crippen molar-refractivity contribution in [2.45, 2.75) is 25.0 Å². The normalized spacial score (nSPS) is 16.7. The maximum absolute atomic E-state index is 13.0. The van der Waals surface area contributed by atoms with Crippen LogP contribution in [0.25, 0.3) is 5.69 Å². The van der Waals surface area contributed by atoms with Crippen LogP contribution >= 0.6 is 35.7 Å². The molecule has 1 aromatic heterocycles. The van der Waals surface area contributed by atoms with Gasteiger partial charge >= 0.3 is 0 Å². The van der Waals surface area contributed by atoms with Crippen molar-refractivity contribution in [2.75, 3.05) is 32.4 Å². The van der Waals surface area contributed by atoms with Gasteiger partial charge in [0.1, 0.15) is 5.82 Å². The lowest BCUT2D eigenvalue weighted by Gasteiger charge is -2.39. The van der Waals surface area contributed by atoms with Crippen LogP contribution in [0.5, 0.6) is 0 Å². The summed E-state index contributed by atoms with van der Waals surface area (Å²) in [6.07, 6.45) is 2.71. The molecule has 8 heteroatoms. The maximum atomic E-state index is 13.0. The third-order valence-electron chi connectivity index (χ3n) is 4.34. The van der Waals surface area contributed by atoms with E-state index in [-0.39, 0.29) is 34.5 Å². The smallest absolute Gasteiger partial charge is 0.193 e. The molecule has 0 spiro atoms. The maximum Gasteiger partial charge on any atom is 0.193 e. The molecular weight excluding hydrogens is 476 g/mol. The van der Waals surface area contributed by atoms with Crippen LogP contribution in [0.1, 0.15) is 19.5 Å². The fourth-order valence-corrected chi connectivity index (χ4v) is 4.18. The van der Waals surface area contributed by atoms with E-state index in [4.69, 9.17) is 0 Å². The van der Waals surface area contributed by atoms with Crippen molar-refractivity contribution in [1.29, 1.82) is 0 Å². The first-order valence-electron chi connectivity index (χ1n) is 8.87. The van der Waals surface area contributed by atoms with Crippen LogP contribution in [0.2, 0.25) is 0 Å². The van der Waals surface area contributed by atoms with E-state index in [1.165, 1.54) is 12.1 Å². The Morgan fingerprint density at radius 1 is 1.30 bits per heavy atom. The Bertz CT molecular complexity index is 760. The van der Waals surface area contributed by atoms with E-state index >= 15 is 0 Å². The van der Waals surface area contributed by atoms with E-state index in [0.29, 0.717) is 0 Å². The lowest BCUT2D eigenvalue weighted by molar-refractivity contribution is 0.376. The average molecular weight is 503 g/mol. The quantitative estimate of drug-likeness (QED) is 0.394. The minimum atomic E-state index is -0.240. The van der Waals surface area contributed by atoms with E-state index < -0.39 is 0 Å². The monoisotopic (exact) mass is 503 g/mol. The van der Waals surface area contributed by atoms with Crippen LogP contribution < -0.4 is 5.32 Å². The molecular formula is C19H27FIN5S. The molecule has 5 nitrogen and oxygen atoms in total. The number of aliphatic imine (C=N–C) groups is 1. The number of nitrogens with one attached hydrogen (secondary N) is 1. The first-order valence-corrected chi connectivity index (χ1v) is 9.85.